The summed E-state index contributed by atoms with van der Waals surface area (Å²) in [4.78, 5) is 31.3. The number of carbonyl (C=O) groups is 2. The van der Waals surface area contributed by atoms with Crippen molar-refractivity contribution in [1.82, 2.24) is 14.4 Å². The van der Waals surface area contributed by atoms with Crippen molar-refractivity contribution >= 4 is 22.7 Å². The maximum Gasteiger partial charge on any atom is 0.256 e. The number of nitrogens with zero attached hydrogens (tertiary/aromatic N) is 3. The number of piperidine rings is 2. The van der Waals surface area contributed by atoms with Crippen molar-refractivity contribution in [2.24, 2.45) is 5.73 Å². The van der Waals surface area contributed by atoms with Crippen molar-refractivity contribution in [1.29, 1.82) is 0 Å². The summed E-state index contributed by atoms with van der Waals surface area (Å²) in [6.07, 6.45) is 6.38. The van der Waals surface area contributed by atoms with Crippen LogP contribution in [-0.4, -0.2) is 66.1 Å². The van der Waals surface area contributed by atoms with Gasteiger partial charge in [-0.25, -0.2) is 4.39 Å². The average Bonchev–Trinajstić information content (AvgIpc) is 3.35. The largest absolute Gasteiger partial charge is 0.383 e. The van der Waals surface area contributed by atoms with Crippen LogP contribution in [0, 0.1) is 5.82 Å². The van der Waals surface area contributed by atoms with Gasteiger partial charge in [-0.15, -0.1) is 0 Å². The van der Waals surface area contributed by atoms with Crippen LogP contribution in [0.1, 0.15) is 69.9 Å². The quantitative estimate of drug-likeness (QED) is 0.496. The number of hydrogen-bond acceptors (Lipinski definition) is 4. The topological polar surface area (TPSA) is 80.8 Å². The summed E-state index contributed by atoms with van der Waals surface area (Å²) in [5, 5.41) is 0.716. The monoisotopic (exact) mass is 520 g/mol. The third-order valence-electron chi connectivity index (χ3n) is 8.06. The van der Waals surface area contributed by atoms with Gasteiger partial charge in [-0.3, -0.25) is 9.59 Å². The zero-order valence-corrected chi connectivity index (χ0v) is 22.1. The SMILES string of the molecule is COCCn1cc(C(=O)N2CCC(c3cc(CN)ccc3F)CC2)c2c(C(=O)N3CCCCC3)cccc21. The van der Waals surface area contributed by atoms with E-state index in [9.17, 15) is 14.0 Å². The van der Waals surface area contributed by atoms with Gasteiger partial charge in [0, 0.05) is 69.0 Å². The highest BCUT2D eigenvalue weighted by molar-refractivity contribution is 6.15. The number of benzene rings is 2. The highest BCUT2D eigenvalue weighted by Crippen LogP contribution is 2.33. The maximum atomic E-state index is 14.6. The van der Waals surface area contributed by atoms with Crippen LogP contribution in [-0.2, 0) is 17.8 Å². The molecule has 1 aromatic heterocycles. The number of halogens is 1. The van der Waals surface area contributed by atoms with E-state index >= 15 is 0 Å². The molecule has 0 aliphatic carbocycles. The Hall–Kier alpha value is -3.23. The zero-order chi connectivity index (χ0) is 26.6. The molecule has 0 unspecified atom stereocenters. The van der Waals surface area contributed by atoms with Crippen molar-refractivity contribution in [3.8, 4) is 0 Å². The van der Waals surface area contributed by atoms with Crippen molar-refractivity contribution in [3.63, 3.8) is 0 Å². The molecule has 0 radical (unpaired) electrons. The normalized spacial score (nSPS) is 16.8. The molecule has 2 N–H and O–H groups in total. The molecule has 3 aromatic rings. The van der Waals surface area contributed by atoms with Crippen molar-refractivity contribution in [2.45, 2.75) is 51.1 Å². The Kier molecular flexibility index (Phi) is 8.09. The average molecular weight is 521 g/mol. The van der Waals surface area contributed by atoms with Gasteiger partial charge < -0.3 is 24.8 Å². The number of hydrogen-bond donors (Lipinski definition) is 1. The van der Waals surface area contributed by atoms with Crippen molar-refractivity contribution < 1.29 is 18.7 Å². The van der Waals surface area contributed by atoms with E-state index in [1.165, 1.54) is 6.07 Å². The van der Waals surface area contributed by atoms with E-state index in [2.05, 4.69) is 0 Å². The predicted molar refractivity (Wildman–Crippen MR) is 146 cm³/mol. The minimum Gasteiger partial charge on any atom is -0.383 e. The molecular formula is C30H37FN4O3. The molecule has 5 rings (SSSR count). The van der Waals surface area contributed by atoms with Crippen LogP contribution in [0.3, 0.4) is 0 Å². The Morgan fingerprint density at radius 1 is 0.974 bits per heavy atom. The smallest absolute Gasteiger partial charge is 0.256 e. The summed E-state index contributed by atoms with van der Waals surface area (Å²) < 4.78 is 21.9. The van der Waals surface area contributed by atoms with Gasteiger partial charge in [0.1, 0.15) is 5.82 Å². The van der Waals surface area contributed by atoms with Gasteiger partial charge in [0.25, 0.3) is 11.8 Å². The van der Waals surface area contributed by atoms with Crippen LogP contribution < -0.4 is 5.73 Å². The number of aromatic nitrogens is 1. The fraction of sp³-hybridized carbons (Fsp3) is 0.467. The van der Waals surface area contributed by atoms with Gasteiger partial charge in [0.2, 0.25) is 0 Å². The first-order valence-electron chi connectivity index (χ1n) is 13.7. The van der Waals surface area contributed by atoms with Crippen LogP contribution in [0.5, 0.6) is 0 Å². The fourth-order valence-electron chi connectivity index (χ4n) is 5.93. The third kappa shape index (κ3) is 5.20. The van der Waals surface area contributed by atoms with E-state index in [1.807, 2.05) is 44.8 Å². The van der Waals surface area contributed by atoms with Gasteiger partial charge in [0.15, 0.2) is 0 Å². The highest BCUT2D eigenvalue weighted by Gasteiger charge is 2.30. The molecule has 0 saturated carbocycles. The van der Waals surface area contributed by atoms with Gasteiger partial charge >= 0.3 is 0 Å². The van der Waals surface area contributed by atoms with Crippen LogP contribution in [0.4, 0.5) is 4.39 Å². The number of rotatable bonds is 7. The van der Waals surface area contributed by atoms with Crippen LogP contribution in [0.2, 0.25) is 0 Å². The van der Waals surface area contributed by atoms with Gasteiger partial charge in [-0.1, -0.05) is 18.2 Å². The molecule has 2 fully saturated rings. The molecule has 38 heavy (non-hydrogen) atoms. The Balaban J connectivity index is 1.43. The molecule has 3 heterocycles. The van der Waals surface area contributed by atoms with Crippen LogP contribution in [0.15, 0.2) is 42.6 Å². The zero-order valence-electron chi connectivity index (χ0n) is 22.1. The first-order valence-corrected chi connectivity index (χ1v) is 13.7. The summed E-state index contributed by atoms with van der Waals surface area (Å²) in [6, 6.07) is 10.8. The van der Waals surface area contributed by atoms with Crippen LogP contribution in [0.25, 0.3) is 10.9 Å². The lowest BCUT2D eigenvalue weighted by molar-refractivity contribution is 0.0714. The molecule has 0 atom stereocenters. The lowest BCUT2D eigenvalue weighted by Gasteiger charge is -2.32. The maximum absolute atomic E-state index is 14.6. The van der Waals surface area contributed by atoms with Gasteiger partial charge in [-0.2, -0.15) is 0 Å². The molecule has 2 amide bonds. The Morgan fingerprint density at radius 3 is 2.39 bits per heavy atom. The summed E-state index contributed by atoms with van der Waals surface area (Å²) in [7, 11) is 1.65. The summed E-state index contributed by atoms with van der Waals surface area (Å²) in [5.41, 5.74) is 9.36. The summed E-state index contributed by atoms with van der Waals surface area (Å²) in [6.45, 7) is 4.01. The Labute approximate surface area is 223 Å². The number of likely N-dealkylation sites (tertiary alicyclic amines) is 2. The molecule has 7 nitrogen and oxygen atoms in total. The molecule has 2 aliphatic rings. The summed E-state index contributed by atoms with van der Waals surface area (Å²) in [5.74, 6) is -0.263. The molecule has 2 saturated heterocycles. The van der Waals surface area contributed by atoms with Crippen molar-refractivity contribution in [3.05, 3.63) is 70.7 Å². The van der Waals surface area contributed by atoms with Crippen molar-refractivity contribution in [2.75, 3.05) is 39.9 Å². The van der Waals surface area contributed by atoms with E-state index in [-0.39, 0.29) is 23.5 Å². The number of ether oxygens (including phenoxy) is 1. The molecular weight excluding hydrogens is 483 g/mol. The standard InChI is InChI=1S/C30H37FN4O3/c1-38-17-16-35-20-25(28-23(6-5-7-27(28)35)29(36)33-12-3-2-4-13-33)30(37)34-14-10-22(11-15-34)24-18-21(19-32)8-9-26(24)31/h5-9,18,20,22H,2-4,10-17,19,32H2,1H3. The minimum atomic E-state index is -0.214. The number of fused-ring (bicyclic) bond motifs is 1. The molecule has 2 aromatic carbocycles. The lowest BCUT2D eigenvalue weighted by atomic mass is 9.88. The highest BCUT2D eigenvalue weighted by atomic mass is 19.1. The Bertz CT molecular complexity index is 1310. The molecule has 2 aliphatic heterocycles. The second kappa shape index (κ2) is 11.7. The predicted octanol–water partition coefficient (Wildman–Crippen LogP) is 4.53. The molecule has 202 valence electrons. The first kappa shape index (κ1) is 26.4. The number of carbonyl (C=O) groups excluding carboxylic acids is 2. The number of amides is 2. The second-order valence-corrected chi connectivity index (χ2v) is 10.4. The molecule has 8 heteroatoms. The van der Waals surface area contributed by atoms with Crippen LogP contribution >= 0.6 is 0 Å². The fourth-order valence-corrected chi connectivity index (χ4v) is 5.93. The second-order valence-electron chi connectivity index (χ2n) is 10.4. The van der Waals surface area contributed by atoms with E-state index in [4.69, 9.17) is 10.5 Å². The Morgan fingerprint density at radius 2 is 1.68 bits per heavy atom. The van der Waals surface area contributed by atoms with E-state index < -0.39 is 0 Å². The molecule has 0 bridgehead atoms. The first-order chi connectivity index (χ1) is 18.5. The van der Waals surface area contributed by atoms with E-state index in [0.717, 1.165) is 43.4 Å². The minimum absolute atomic E-state index is 0.0113. The third-order valence-corrected chi connectivity index (χ3v) is 8.06. The number of nitrogens with two attached hydrogens (primary N) is 1. The van der Waals surface area contributed by atoms with Gasteiger partial charge in [0.05, 0.1) is 12.2 Å². The number of methoxy groups -OCH3 is 1. The van der Waals surface area contributed by atoms with E-state index in [1.54, 1.807) is 13.2 Å². The molecule has 0 spiro atoms. The lowest BCUT2D eigenvalue weighted by Crippen LogP contribution is -2.38. The van der Waals surface area contributed by atoms with Gasteiger partial charge in [-0.05, 0) is 67.3 Å². The van der Waals surface area contributed by atoms with E-state index in [0.29, 0.717) is 67.7 Å². The summed E-state index contributed by atoms with van der Waals surface area (Å²) >= 11 is 0.